The van der Waals surface area contributed by atoms with E-state index in [9.17, 15) is 15.2 Å². The maximum Gasteiger partial charge on any atom is 0.250 e. The van der Waals surface area contributed by atoms with Crippen molar-refractivity contribution < 1.29 is 14.6 Å². The number of nitrogens with one attached hydrogen (secondary N) is 1. The maximum atomic E-state index is 13.2. The first-order chi connectivity index (χ1) is 17.3. The van der Waals surface area contributed by atoms with Gasteiger partial charge in [0, 0.05) is 0 Å². The van der Waals surface area contributed by atoms with Crippen molar-refractivity contribution in [3.8, 4) is 17.2 Å². The van der Waals surface area contributed by atoms with Gasteiger partial charge in [-0.1, -0.05) is 86.6 Å². The standard InChI is InChI=1S/C31H34N2O3/c1-21(2)18-28(30(35)33-31(20-32)16-17-31)36-29(24-8-5-4-6-9-24)25-14-12-23(13-15-25)27-11-7-10-26(19-27)22(3)34/h4-15,19,21-22,28-29,34H,16-18H2,1-3H3,(H,33,35)/t22?,28-,29?/m0/s1. The number of nitrogens with zero attached hydrogens (tertiary/aromatic N) is 1. The van der Waals surface area contributed by atoms with E-state index in [2.05, 4.69) is 25.2 Å². The van der Waals surface area contributed by atoms with Gasteiger partial charge < -0.3 is 15.2 Å². The van der Waals surface area contributed by atoms with Crippen LogP contribution in [-0.2, 0) is 9.53 Å². The second kappa shape index (κ2) is 11.1. The molecule has 1 amide bonds. The zero-order valence-electron chi connectivity index (χ0n) is 21.1. The van der Waals surface area contributed by atoms with Crippen LogP contribution in [0, 0.1) is 17.2 Å². The normalized spacial score (nSPS) is 16.6. The van der Waals surface area contributed by atoms with Gasteiger partial charge >= 0.3 is 0 Å². The molecule has 1 aliphatic carbocycles. The molecular formula is C31H34N2O3. The third kappa shape index (κ3) is 6.20. The van der Waals surface area contributed by atoms with Crippen molar-refractivity contribution in [1.29, 1.82) is 5.26 Å². The SMILES string of the molecule is CC(C)C[C@H](OC(c1ccccc1)c1ccc(-c2cccc(C(C)O)c2)cc1)C(=O)NC1(C#N)CC1. The van der Waals surface area contributed by atoms with Crippen LogP contribution in [0.2, 0.25) is 0 Å². The fourth-order valence-corrected chi connectivity index (χ4v) is 4.33. The number of aliphatic hydroxyl groups is 1. The lowest BCUT2D eigenvalue weighted by atomic mass is 9.96. The first-order valence-corrected chi connectivity index (χ1v) is 12.6. The van der Waals surface area contributed by atoms with Crippen LogP contribution >= 0.6 is 0 Å². The number of carbonyl (C=O) groups excluding carboxylic acids is 1. The van der Waals surface area contributed by atoms with Gasteiger partial charge in [0.1, 0.15) is 17.7 Å². The second-order valence-electron chi connectivity index (χ2n) is 10.2. The molecule has 0 aromatic heterocycles. The quantitative estimate of drug-likeness (QED) is 0.366. The van der Waals surface area contributed by atoms with Gasteiger partial charge in [-0.2, -0.15) is 5.26 Å². The van der Waals surface area contributed by atoms with Gasteiger partial charge in [0.05, 0.1) is 12.2 Å². The molecule has 0 spiro atoms. The Labute approximate surface area is 213 Å². The lowest BCUT2D eigenvalue weighted by Crippen LogP contribution is -2.44. The molecule has 5 nitrogen and oxygen atoms in total. The topological polar surface area (TPSA) is 82.3 Å². The van der Waals surface area contributed by atoms with Gasteiger partial charge in [-0.3, -0.25) is 4.79 Å². The van der Waals surface area contributed by atoms with E-state index in [4.69, 9.17) is 4.74 Å². The summed E-state index contributed by atoms with van der Waals surface area (Å²) in [5.41, 5.74) is 4.11. The molecule has 2 N–H and O–H groups in total. The number of benzene rings is 3. The number of amides is 1. The van der Waals surface area contributed by atoms with E-state index in [1.807, 2.05) is 78.9 Å². The molecule has 1 fully saturated rings. The van der Waals surface area contributed by atoms with E-state index in [0.717, 1.165) is 27.8 Å². The summed E-state index contributed by atoms with van der Waals surface area (Å²) in [6, 6.07) is 28.2. The molecule has 4 rings (SSSR count). The molecule has 2 unspecified atom stereocenters. The zero-order chi connectivity index (χ0) is 25.7. The number of nitriles is 1. The Kier molecular flexibility index (Phi) is 7.88. The van der Waals surface area contributed by atoms with Gasteiger partial charge in [-0.05, 0) is 66.0 Å². The molecule has 5 heteroatoms. The lowest BCUT2D eigenvalue weighted by molar-refractivity contribution is -0.137. The van der Waals surface area contributed by atoms with Crippen LogP contribution in [0.4, 0.5) is 0 Å². The number of rotatable bonds is 10. The fraction of sp³-hybridized carbons (Fsp3) is 0.355. The highest BCUT2D eigenvalue weighted by Gasteiger charge is 2.46. The summed E-state index contributed by atoms with van der Waals surface area (Å²) in [6.07, 6.45) is 0.285. The van der Waals surface area contributed by atoms with Gasteiger partial charge in [0.25, 0.3) is 0 Å². The zero-order valence-corrected chi connectivity index (χ0v) is 21.1. The molecule has 3 aromatic rings. The van der Waals surface area contributed by atoms with E-state index in [0.29, 0.717) is 19.3 Å². The molecule has 3 aromatic carbocycles. The Morgan fingerprint density at radius 1 is 0.944 bits per heavy atom. The van der Waals surface area contributed by atoms with E-state index in [-0.39, 0.29) is 11.8 Å². The molecule has 0 heterocycles. The Morgan fingerprint density at radius 2 is 1.58 bits per heavy atom. The van der Waals surface area contributed by atoms with Crippen LogP contribution in [0.5, 0.6) is 0 Å². The number of hydrogen-bond donors (Lipinski definition) is 2. The van der Waals surface area contributed by atoms with Crippen LogP contribution < -0.4 is 5.32 Å². The molecular weight excluding hydrogens is 448 g/mol. The van der Waals surface area contributed by atoms with E-state index in [1.54, 1.807) is 6.92 Å². The van der Waals surface area contributed by atoms with Crippen molar-refractivity contribution in [2.45, 2.75) is 63.9 Å². The second-order valence-corrected chi connectivity index (χ2v) is 10.2. The summed E-state index contributed by atoms with van der Waals surface area (Å²) in [7, 11) is 0. The molecule has 0 aliphatic heterocycles. The van der Waals surface area contributed by atoms with E-state index < -0.39 is 23.9 Å². The summed E-state index contributed by atoms with van der Waals surface area (Å²) in [6.45, 7) is 5.89. The Hall–Kier alpha value is -3.46. The van der Waals surface area contributed by atoms with E-state index >= 15 is 0 Å². The van der Waals surface area contributed by atoms with Gasteiger partial charge in [0.2, 0.25) is 5.91 Å². The van der Waals surface area contributed by atoms with Crippen molar-refractivity contribution in [3.05, 3.63) is 95.6 Å². The van der Waals surface area contributed by atoms with Crippen LogP contribution in [0.3, 0.4) is 0 Å². The fourth-order valence-electron chi connectivity index (χ4n) is 4.33. The highest BCUT2D eigenvalue weighted by atomic mass is 16.5. The summed E-state index contributed by atoms with van der Waals surface area (Å²) in [5.74, 6) is 0.0215. The summed E-state index contributed by atoms with van der Waals surface area (Å²) in [5, 5.41) is 22.3. The molecule has 1 saturated carbocycles. The predicted octanol–water partition coefficient (Wildman–Crippen LogP) is 6.10. The first-order valence-electron chi connectivity index (χ1n) is 12.6. The van der Waals surface area contributed by atoms with Crippen molar-refractivity contribution in [2.75, 3.05) is 0 Å². The Balaban J connectivity index is 1.62. The molecule has 36 heavy (non-hydrogen) atoms. The summed E-state index contributed by atoms with van der Waals surface area (Å²) >= 11 is 0. The number of aliphatic hydroxyl groups excluding tert-OH is 1. The third-order valence-corrected chi connectivity index (χ3v) is 6.62. The molecule has 186 valence electrons. The molecule has 0 bridgehead atoms. The predicted molar refractivity (Wildman–Crippen MR) is 141 cm³/mol. The van der Waals surface area contributed by atoms with Crippen molar-refractivity contribution in [3.63, 3.8) is 0 Å². The number of hydrogen-bond acceptors (Lipinski definition) is 4. The maximum absolute atomic E-state index is 13.2. The average Bonchev–Trinajstić information content (AvgIpc) is 3.66. The summed E-state index contributed by atoms with van der Waals surface area (Å²) in [4.78, 5) is 13.2. The highest BCUT2D eigenvalue weighted by molar-refractivity contribution is 5.82. The van der Waals surface area contributed by atoms with Gasteiger partial charge in [-0.15, -0.1) is 0 Å². The highest BCUT2D eigenvalue weighted by Crippen LogP contribution is 2.36. The smallest absolute Gasteiger partial charge is 0.250 e. The minimum atomic E-state index is -0.736. The number of ether oxygens (including phenoxy) is 1. The monoisotopic (exact) mass is 482 g/mol. The van der Waals surface area contributed by atoms with E-state index in [1.165, 1.54) is 0 Å². The third-order valence-electron chi connectivity index (χ3n) is 6.62. The Morgan fingerprint density at radius 3 is 2.17 bits per heavy atom. The Bertz CT molecular complexity index is 1210. The van der Waals surface area contributed by atoms with Crippen molar-refractivity contribution in [1.82, 2.24) is 5.32 Å². The molecule has 0 radical (unpaired) electrons. The molecule has 0 saturated heterocycles. The minimum Gasteiger partial charge on any atom is -0.389 e. The van der Waals surface area contributed by atoms with Crippen molar-refractivity contribution in [2.24, 2.45) is 5.92 Å². The lowest BCUT2D eigenvalue weighted by Gasteiger charge is -2.27. The number of carbonyl (C=O) groups is 1. The van der Waals surface area contributed by atoms with Crippen LogP contribution in [-0.4, -0.2) is 22.7 Å². The average molecular weight is 483 g/mol. The van der Waals surface area contributed by atoms with Gasteiger partial charge in [0.15, 0.2) is 0 Å². The van der Waals surface area contributed by atoms with Crippen molar-refractivity contribution >= 4 is 5.91 Å². The first kappa shape index (κ1) is 25.6. The van der Waals surface area contributed by atoms with Crippen LogP contribution in [0.15, 0.2) is 78.9 Å². The van der Waals surface area contributed by atoms with Crippen LogP contribution in [0.1, 0.15) is 68.9 Å². The van der Waals surface area contributed by atoms with Crippen LogP contribution in [0.25, 0.3) is 11.1 Å². The van der Waals surface area contributed by atoms with Gasteiger partial charge in [-0.25, -0.2) is 0 Å². The summed E-state index contributed by atoms with van der Waals surface area (Å²) < 4.78 is 6.56. The molecule has 1 aliphatic rings. The molecule has 3 atom stereocenters. The minimum absolute atomic E-state index is 0.227. The largest absolute Gasteiger partial charge is 0.389 e.